The molecule has 0 aliphatic carbocycles. The Labute approximate surface area is 219 Å². The molecule has 37 heavy (non-hydrogen) atoms. The molecule has 1 aliphatic rings. The topological polar surface area (TPSA) is 92.3 Å². The maximum Gasteiger partial charge on any atom is 0.256 e. The van der Waals surface area contributed by atoms with Crippen molar-refractivity contribution in [3.8, 4) is 0 Å². The summed E-state index contributed by atoms with van der Waals surface area (Å²) in [5.41, 5.74) is 3.06. The molecule has 0 unspecified atom stereocenters. The Kier molecular flexibility index (Phi) is 7.05. The highest BCUT2D eigenvalue weighted by molar-refractivity contribution is 6.30. The Morgan fingerprint density at radius 3 is 2.41 bits per heavy atom. The van der Waals surface area contributed by atoms with E-state index >= 15 is 0 Å². The number of ketones is 1. The molecule has 0 saturated carbocycles. The van der Waals surface area contributed by atoms with Gasteiger partial charge >= 0.3 is 0 Å². The minimum absolute atomic E-state index is 0.0774. The number of carbonyl (C=O) groups is 3. The van der Waals surface area contributed by atoms with E-state index in [1.165, 1.54) is 0 Å². The van der Waals surface area contributed by atoms with Crippen LogP contribution >= 0.6 is 11.6 Å². The number of nitrogens with one attached hydrogen (secondary N) is 1. The van der Waals surface area contributed by atoms with Gasteiger partial charge in [-0.2, -0.15) is 0 Å². The predicted octanol–water partition coefficient (Wildman–Crippen LogP) is 4.76. The summed E-state index contributed by atoms with van der Waals surface area (Å²) in [6.07, 6.45) is 3.69. The number of pyridine rings is 2. The average Bonchev–Trinajstić information content (AvgIpc) is 3.00. The van der Waals surface area contributed by atoms with Gasteiger partial charge in [0.2, 0.25) is 0 Å². The summed E-state index contributed by atoms with van der Waals surface area (Å²) >= 11 is 6.17. The number of carbonyl (C=O) groups excluding carboxylic acids is 3. The maximum atomic E-state index is 13.7. The number of aromatic nitrogens is 2. The highest BCUT2D eigenvalue weighted by atomic mass is 35.5. The van der Waals surface area contributed by atoms with Gasteiger partial charge in [0.25, 0.3) is 11.8 Å². The molecule has 1 aliphatic heterocycles. The summed E-state index contributed by atoms with van der Waals surface area (Å²) in [5, 5.41) is 3.23. The van der Waals surface area contributed by atoms with E-state index in [1.54, 1.807) is 78.0 Å². The van der Waals surface area contributed by atoms with Crippen LogP contribution in [-0.2, 0) is 24.2 Å². The predicted molar refractivity (Wildman–Crippen MR) is 140 cm³/mol. The lowest BCUT2D eigenvalue weighted by molar-refractivity contribution is -0.122. The first kappa shape index (κ1) is 24.3. The van der Waals surface area contributed by atoms with Crippen LogP contribution in [0.25, 0.3) is 0 Å². The number of nitrogens with zero attached hydrogens (tertiary/aromatic N) is 3. The SMILES string of the molecule is O=C(Nc1ccccn1)c1ccc(CN2C(=O)c3ccc(Cl)cc3CC(=O)[C@@H]2Cc2ccccn2)cc1. The molecule has 0 bridgehead atoms. The van der Waals surface area contributed by atoms with E-state index in [9.17, 15) is 14.4 Å². The average molecular weight is 511 g/mol. The van der Waals surface area contributed by atoms with Crippen LogP contribution in [-0.4, -0.2) is 38.5 Å². The Morgan fingerprint density at radius 1 is 0.946 bits per heavy atom. The number of hydrogen-bond acceptors (Lipinski definition) is 5. The fourth-order valence-electron chi connectivity index (χ4n) is 4.40. The van der Waals surface area contributed by atoms with Crippen molar-refractivity contribution in [2.45, 2.75) is 25.4 Å². The molecule has 0 spiro atoms. The van der Waals surface area contributed by atoms with Crippen molar-refractivity contribution in [2.24, 2.45) is 0 Å². The molecule has 0 radical (unpaired) electrons. The lowest BCUT2D eigenvalue weighted by Gasteiger charge is -2.29. The van der Waals surface area contributed by atoms with Gasteiger partial charge in [-0.25, -0.2) is 4.98 Å². The molecule has 2 amide bonds. The second kappa shape index (κ2) is 10.7. The highest BCUT2D eigenvalue weighted by Crippen LogP contribution is 2.27. The van der Waals surface area contributed by atoms with E-state index in [-0.39, 0.29) is 30.6 Å². The molecule has 2 aromatic heterocycles. The fourth-order valence-corrected chi connectivity index (χ4v) is 4.59. The zero-order valence-electron chi connectivity index (χ0n) is 19.8. The van der Waals surface area contributed by atoms with Gasteiger partial charge in [-0.1, -0.05) is 35.9 Å². The summed E-state index contributed by atoms with van der Waals surface area (Å²) < 4.78 is 0. The van der Waals surface area contributed by atoms with Gasteiger partial charge in [0, 0.05) is 53.6 Å². The van der Waals surface area contributed by atoms with Crippen LogP contribution in [0.4, 0.5) is 5.82 Å². The Balaban J connectivity index is 1.42. The number of fused-ring (bicyclic) bond motifs is 1. The number of benzene rings is 2. The molecule has 0 saturated heterocycles. The normalized spacial score (nSPS) is 15.2. The molecular weight excluding hydrogens is 488 g/mol. The molecule has 1 N–H and O–H groups in total. The number of amides is 2. The van der Waals surface area contributed by atoms with Crippen molar-refractivity contribution in [2.75, 3.05) is 5.32 Å². The van der Waals surface area contributed by atoms with Crippen molar-refractivity contribution < 1.29 is 14.4 Å². The summed E-state index contributed by atoms with van der Waals surface area (Å²) in [4.78, 5) is 49.8. The summed E-state index contributed by atoms with van der Waals surface area (Å²) in [5.74, 6) is -0.145. The summed E-state index contributed by atoms with van der Waals surface area (Å²) in [7, 11) is 0. The van der Waals surface area contributed by atoms with Gasteiger partial charge < -0.3 is 10.2 Å². The molecule has 7 nitrogen and oxygen atoms in total. The van der Waals surface area contributed by atoms with Gasteiger partial charge in [0.1, 0.15) is 5.82 Å². The first-order valence-electron chi connectivity index (χ1n) is 11.8. The Morgan fingerprint density at radius 2 is 1.70 bits per heavy atom. The van der Waals surface area contributed by atoms with Crippen LogP contribution in [0, 0.1) is 0 Å². The molecular formula is C29H23ClN4O3. The van der Waals surface area contributed by atoms with Crippen LogP contribution in [0.3, 0.4) is 0 Å². The minimum atomic E-state index is -0.694. The van der Waals surface area contributed by atoms with Crippen molar-refractivity contribution in [1.82, 2.24) is 14.9 Å². The Hall–Kier alpha value is -4.36. The monoisotopic (exact) mass is 510 g/mol. The quantitative estimate of drug-likeness (QED) is 0.403. The van der Waals surface area contributed by atoms with Gasteiger partial charge in [-0.15, -0.1) is 0 Å². The molecule has 1 atom stereocenters. The first-order chi connectivity index (χ1) is 18.0. The molecule has 8 heteroatoms. The molecule has 3 heterocycles. The lowest BCUT2D eigenvalue weighted by Crippen LogP contribution is -2.44. The zero-order chi connectivity index (χ0) is 25.8. The third kappa shape index (κ3) is 5.57. The van der Waals surface area contributed by atoms with Crippen LogP contribution in [0.2, 0.25) is 5.02 Å². The van der Waals surface area contributed by atoms with E-state index in [2.05, 4.69) is 15.3 Å². The molecule has 5 rings (SSSR count). The second-order valence-electron chi connectivity index (χ2n) is 8.78. The Bertz CT molecular complexity index is 1440. The number of anilines is 1. The highest BCUT2D eigenvalue weighted by Gasteiger charge is 2.35. The smallest absolute Gasteiger partial charge is 0.256 e. The van der Waals surface area contributed by atoms with Crippen LogP contribution in [0.15, 0.2) is 91.3 Å². The summed E-state index contributed by atoms with van der Waals surface area (Å²) in [6, 6.07) is 22.1. The fraction of sp³-hybridized carbons (Fsp3) is 0.138. The van der Waals surface area contributed by atoms with Crippen molar-refractivity contribution >= 4 is 35.0 Å². The third-order valence-electron chi connectivity index (χ3n) is 6.28. The van der Waals surface area contributed by atoms with E-state index in [0.29, 0.717) is 34.0 Å². The molecule has 0 fully saturated rings. The van der Waals surface area contributed by atoms with Gasteiger partial charge in [0.05, 0.1) is 6.04 Å². The van der Waals surface area contributed by atoms with Crippen molar-refractivity contribution in [1.29, 1.82) is 0 Å². The number of halogens is 1. The lowest BCUT2D eigenvalue weighted by atomic mass is 9.99. The van der Waals surface area contributed by atoms with E-state index in [4.69, 9.17) is 11.6 Å². The second-order valence-corrected chi connectivity index (χ2v) is 9.22. The van der Waals surface area contributed by atoms with Gasteiger partial charge in [-0.3, -0.25) is 19.4 Å². The standard InChI is InChI=1S/C29H23ClN4O3/c30-22-11-12-24-21(15-22)16-26(35)25(17-23-5-1-3-13-31-23)34(29(24)37)18-19-7-9-20(10-8-19)28(36)33-27-6-2-4-14-32-27/h1-15,25H,16-18H2,(H,32,33,36)/t25-/m0/s1. The zero-order valence-corrected chi connectivity index (χ0v) is 20.6. The largest absolute Gasteiger partial charge is 0.324 e. The van der Waals surface area contributed by atoms with E-state index in [0.717, 1.165) is 11.3 Å². The maximum absolute atomic E-state index is 13.7. The van der Waals surface area contributed by atoms with E-state index < -0.39 is 6.04 Å². The molecule has 184 valence electrons. The van der Waals surface area contributed by atoms with E-state index in [1.807, 2.05) is 18.2 Å². The molecule has 2 aromatic carbocycles. The van der Waals surface area contributed by atoms with Crippen molar-refractivity contribution in [3.05, 3.63) is 124 Å². The van der Waals surface area contributed by atoms with Gasteiger partial charge in [0.15, 0.2) is 5.78 Å². The van der Waals surface area contributed by atoms with Crippen LogP contribution in [0.1, 0.15) is 37.5 Å². The number of Topliss-reactive ketones (excluding diaryl/α,β-unsaturated/α-hetero) is 1. The summed E-state index contributed by atoms with van der Waals surface area (Å²) in [6.45, 7) is 0.201. The van der Waals surface area contributed by atoms with Crippen LogP contribution in [0.5, 0.6) is 0 Å². The van der Waals surface area contributed by atoms with Gasteiger partial charge in [-0.05, 0) is 65.7 Å². The minimum Gasteiger partial charge on any atom is -0.324 e. The van der Waals surface area contributed by atoms with Crippen LogP contribution < -0.4 is 5.32 Å². The molecule has 4 aromatic rings. The number of hydrogen-bond donors (Lipinski definition) is 1. The third-order valence-corrected chi connectivity index (χ3v) is 6.51. The number of rotatable bonds is 6. The van der Waals surface area contributed by atoms with Crippen molar-refractivity contribution in [3.63, 3.8) is 0 Å². The first-order valence-corrected chi connectivity index (χ1v) is 12.2.